The first-order chi connectivity index (χ1) is 14.3. The molecule has 0 unspecified atom stereocenters. The molecule has 10 nitrogen and oxygen atoms in total. The van der Waals surface area contributed by atoms with E-state index in [1.54, 1.807) is 24.3 Å². The number of carbonyl (C=O) groups excluding carboxylic acids is 4. The van der Waals surface area contributed by atoms with Crippen LogP contribution in [-0.4, -0.2) is 48.5 Å². The van der Waals surface area contributed by atoms with Crippen molar-refractivity contribution in [2.45, 2.75) is 31.8 Å². The Kier molecular flexibility index (Phi) is 3.91. The highest BCUT2D eigenvalue weighted by molar-refractivity contribution is 6.23. The van der Waals surface area contributed by atoms with E-state index in [-0.39, 0.29) is 6.79 Å². The van der Waals surface area contributed by atoms with Gasteiger partial charge in [0.1, 0.15) is 0 Å². The summed E-state index contributed by atoms with van der Waals surface area (Å²) >= 11 is 0. The van der Waals surface area contributed by atoms with Crippen molar-refractivity contribution in [3.8, 4) is 11.5 Å². The Hall–Kier alpha value is -3.40. The summed E-state index contributed by atoms with van der Waals surface area (Å²) in [6, 6.07) is 4.76. The number of imide groups is 1. The molecule has 2 bridgehead atoms. The number of ether oxygens (including phenoxy) is 5. The molecule has 0 spiro atoms. The Morgan fingerprint density at radius 1 is 1.10 bits per heavy atom. The highest BCUT2D eigenvalue weighted by Gasteiger charge is 2.72. The van der Waals surface area contributed by atoms with Crippen molar-refractivity contribution in [1.82, 2.24) is 0 Å². The summed E-state index contributed by atoms with van der Waals surface area (Å²) in [4.78, 5) is 50.9. The molecular formula is C20H17NO9. The summed E-state index contributed by atoms with van der Waals surface area (Å²) in [5.41, 5.74) is -1.25. The number of fused-ring (bicyclic) bond motifs is 6. The van der Waals surface area contributed by atoms with Gasteiger partial charge in [-0.05, 0) is 18.2 Å². The first-order valence-electron chi connectivity index (χ1n) is 9.31. The van der Waals surface area contributed by atoms with Crippen LogP contribution in [-0.2, 0) is 33.4 Å². The van der Waals surface area contributed by atoms with Gasteiger partial charge >= 0.3 is 11.9 Å². The summed E-state index contributed by atoms with van der Waals surface area (Å²) in [7, 11) is 0. The van der Waals surface area contributed by atoms with E-state index in [1.165, 1.54) is 6.08 Å². The molecule has 1 aromatic carbocycles. The fourth-order valence-corrected chi connectivity index (χ4v) is 4.50. The van der Waals surface area contributed by atoms with Crippen LogP contribution in [0.1, 0.15) is 13.8 Å². The third kappa shape index (κ3) is 2.46. The molecule has 4 heterocycles. The summed E-state index contributed by atoms with van der Waals surface area (Å²) in [5, 5.41) is 0. The molecular weight excluding hydrogens is 398 g/mol. The van der Waals surface area contributed by atoms with E-state index in [2.05, 4.69) is 0 Å². The number of amides is 2. The van der Waals surface area contributed by atoms with E-state index >= 15 is 0 Å². The lowest BCUT2D eigenvalue weighted by molar-refractivity contribution is -0.226. The zero-order valence-corrected chi connectivity index (χ0v) is 16.0. The van der Waals surface area contributed by atoms with Crippen molar-refractivity contribution >= 4 is 29.4 Å². The largest absolute Gasteiger partial charge is 0.454 e. The van der Waals surface area contributed by atoms with Gasteiger partial charge in [0.05, 0.1) is 23.6 Å². The lowest BCUT2D eigenvalue weighted by Crippen LogP contribution is -2.52. The third-order valence-electron chi connectivity index (χ3n) is 5.61. The van der Waals surface area contributed by atoms with Crippen LogP contribution in [0.15, 0.2) is 30.4 Å². The van der Waals surface area contributed by atoms with Gasteiger partial charge < -0.3 is 23.7 Å². The van der Waals surface area contributed by atoms with Gasteiger partial charge in [0.25, 0.3) is 6.29 Å². The fourth-order valence-electron chi connectivity index (χ4n) is 4.50. The molecule has 4 aliphatic rings. The third-order valence-corrected chi connectivity index (χ3v) is 5.61. The Morgan fingerprint density at radius 2 is 1.80 bits per heavy atom. The average molecular weight is 415 g/mol. The van der Waals surface area contributed by atoms with Gasteiger partial charge in [0.15, 0.2) is 17.1 Å². The van der Waals surface area contributed by atoms with Gasteiger partial charge in [-0.15, -0.1) is 0 Å². The molecule has 4 aliphatic heterocycles. The molecule has 1 aromatic rings. The Labute approximate surface area is 170 Å². The van der Waals surface area contributed by atoms with E-state index in [0.29, 0.717) is 17.2 Å². The summed E-state index contributed by atoms with van der Waals surface area (Å²) < 4.78 is 26.9. The smallest absolute Gasteiger partial charge is 0.305 e. The molecule has 156 valence electrons. The molecule has 10 heteroatoms. The number of hydrogen-bond acceptors (Lipinski definition) is 9. The highest BCUT2D eigenvalue weighted by atomic mass is 16.7. The standard InChI is InChI=1S/C20H17NO9/c1-9(22)28-19(29-10(2)23)20-6-5-13(30-20)15-16(20)18(25)21(17(15)24)11-3-4-12-14(7-11)27-8-26-12/h3-7,13,15-16,19H,8H2,1-2H3/t13-,15-,16-,20+/m1/s1. The number of rotatable bonds is 4. The van der Waals surface area contributed by atoms with E-state index in [9.17, 15) is 19.2 Å². The van der Waals surface area contributed by atoms with Crippen LogP contribution in [0.5, 0.6) is 11.5 Å². The van der Waals surface area contributed by atoms with Crippen LogP contribution < -0.4 is 14.4 Å². The minimum atomic E-state index is -1.58. The van der Waals surface area contributed by atoms with Crippen molar-refractivity contribution in [2.75, 3.05) is 11.7 Å². The molecule has 2 fully saturated rings. The van der Waals surface area contributed by atoms with Gasteiger partial charge in [-0.25, -0.2) is 4.90 Å². The molecule has 30 heavy (non-hydrogen) atoms. The number of esters is 2. The Bertz CT molecular complexity index is 1000. The number of carbonyl (C=O) groups is 4. The van der Waals surface area contributed by atoms with Gasteiger partial charge in [-0.1, -0.05) is 6.08 Å². The maximum atomic E-state index is 13.4. The molecule has 4 atom stereocenters. The molecule has 2 amide bonds. The van der Waals surface area contributed by atoms with Gasteiger partial charge in [-0.3, -0.25) is 19.2 Å². The zero-order valence-electron chi connectivity index (χ0n) is 16.0. The van der Waals surface area contributed by atoms with Gasteiger partial charge in [0, 0.05) is 19.9 Å². The lowest BCUT2D eigenvalue weighted by atomic mass is 9.76. The molecule has 2 saturated heterocycles. The van der Waals surface area contributed by atoms with Gasteiger partial charge in [0.2, 0.25) is 18.6 Å². The van der Waals surface area contributed by atoms with Crippen LogP contribution in [0.2, 0.25) is 0 Å². The number of anilines is 1. The molecule has 0 N–H and O–H groups in total. The second-order valence-corrected chi connectivity index (χ2v) is 7.40. The van der Waals surface area contributed by atoms with Crippen LogP contribution in [0.25, 0.3) is 0 Å². The van der Waals surface area contributed by atoms with Crippen molar-refractivity contribution in [3.05, 3.63) is 30.4 Å². The van der Waals surface area contributed by atoms with Crippen LogP contribution in [0.4, 0.5) is 5.69 Å². The topological polar surface area (TPSA) is 118 Å². The van der Waals surface area contributed by atoms with E-state index < -0.39 is 53.6 Å². The summed E-state index contributed by atoms with van der Waals surface area (Å²) in [6.45, 7) is 2.36. The Balaban J connectivity index is 1.53. The molecule has 0 radical (unpaired) electrons. The molecule has 0 saturated carbocycles. The summed E-state index contributed by atoms with van der Waals surface area (Å²) in [6.07, 6.45) is 0.940. The number of hydrogen-bond donors (Lipinski definition) is 0. The molecule has 0 aliphatic carbocycles. The molecule has 5 rings (SSSR count). The van der Waals surface area contributed by atoms with Crippen molar-refractivity contribution in [1.29, 1.82) is 0 Å². The lowest BCUT2D eigenvalue weighted by Gasteiger charge is -2.34. The quantitative estimate of drug-likeness (QED) is 0.303. The zero-order chi connectivity index (χ0) is 21.2. The highest BCUT2D eigenvalue weighted by Crippen LogP contribution is 2.55. The molecule has 0 aromatic heterocycles. The van der Waals surface area contributed by atoms with Crippen LogP contribution in [0, 0.1) is 11.8 Å². The SMILES string of the molecule is CC(=O)OC(OC(C)=O)[C@@]12C=C[C@@H](O1)[C@H]1C(=O)N(c3ccc4c(c3)OCO4)C(=O)[C@@H]12. The minimum absolute atomic E-state index is 0.0569. The predicted molar refractivity (Wildman–Crippen MR) is 96.1 cm³/mol. The first kappa shape index (κ1) is 18.6. The monoisotopic (exact) mass is 415 g/mol. The fraction of sp³-hybridized carbons (Fsp3) is 0.400. The van der Waals surface area contributed by atoms with Crippen molar-refractivity contribution in [3.63, 3.8) is 0 Å². The van der Waals surface area contributed by atoms with E-state index in [4.69, 9.17) is 23.7 Å². The maximum absolute atomic E-state index is 13.4. The second-order valence-electron chi connectivity index (χ2n) is 7.40. The average Bonchev–Trinajstić information content (AvgIpc) is 3.43. The van der Waals surface area contributed by atoms with E-state index in [1.807, 2.05) is 0 Å². The summed E-state index contributed by atoms with van der Waals surface area (Å²) in [5.74, 6) is -3.34. The van der Waals surface area contributed by atoms with Gasteiger partial charge in [-0.2, -0.15) is 0 Å². The van der Waals surface area contributed by atoms with Crippen LogP contribution in [0.3, 0.4) is 0 Å². The first-order valence-corrected chi connectivity index (χ1v) is 9.31. The van der Waals surface area contributed by atoms with Crippen LogP contribution >= 0.6 is 0 Å². The minimum Gasteiger partial charge on any atom is -0.454 e. The van der Waals surface area contributed by atoms with Crippen molar-refractivity contribution in [2.24, 2.45) is 11.8 Å². The second kappa shape index (κ2) is 6.30. The maximum Gasteiger partial charge on any atom is 0.305 e. The number of benzene rings is 1. The number of nitrogens with zero attached hydrogens (tertiary/aromatic N) is 1. The predicted octanol–water partition coefficient (Wildman–Crippen LogP) is 0.681. The normalized spacial score (nSPS) is 30.2. The van der Waals surface area contributed by atoms with Crippen molar-refractivity contribution < 1.29 is 42.9 Å². The Morgan fingerprint density at radius 3 is 2.50 bits per heavy atom. The van der Waals surface area contributed by atoms with E-state index in [0.717, 1.165) is 18.7 Å².